The number of aryl methyl sites for hydroxylation is 1. The van der Waals surface area contributed by atoms with Gasteiger partial charge in [0.15, 0.2) is 11.5 Å². The summed E-state index contributed by atoms with van der Waals surface area (Å²) >= 11 is 0. The number of nitrogens with one attached hydrogen (secondary N) is 1. The number of carbonyl (C=O) groups is 1. The van der Waals surface area contributed by atoms with Crippen LogP contribution in [0.3, 0.4) is 0 Å². The molecule has 0 radical (unpaired) electrons. The normalized spacial score (nSPS) is 18.7. The Bertz CT molecular complexity index is 758. The van der Waals surface area contributed by atoms with Crippen LogP contribution in [0.4, 0.5) is 10.5 Å². The van der Waals surface area contributed by atoms with E-state index in [1.807, 2.05) is 17.0 Å². The lowest BCUT2D eigenvalue weighted by molar-refractivity contribution is 0.174. The lowest BCUT2D eigenvalue weighted by Gasteiger charge is -2.25. The quantitative estimate of drug-likeness (QED) is 0.905. The fourth-order valence-electron chi connectivity index (χ4n) is 3.31. The van der Waals surface area contributed by atoms with Crippen molar-refractivity contribution in [2.45, 2.75) is 25.8 Å². The van der Waals surface area contributed by atoms with Crippen molar-refractivity contribution in [2.24, 2.45) is 0 Å². The van der Waals surface area contributed by atoms with E-state index in [1.54, 1.807) is 6.07 Å². The smallest absolute Gasteiger partial charge is 0.322 e. The zero-order valence-electron chi connectivity index (χ0n) is 13.6. The summed E-state index contributed by atoms with van der Waals surface area (Å²) in [5.74, 6) is 1.39. The second kappa shape index (κ2) is 6.07. The highest BCUT2D eigenvalue weighted by Crippen LogP contribution is 2.35. The van der Waals surface area contributed by atoms with Gasteiger partial charge < -0.3 is 19.7 Å². The first-order chi connectivity index (χ1) is 11.7. The van der Waals surface area contributed by atoms with E-state index in [1.165, 1.54) is 11.1 Å². The number of anilines is 1. The topological polar surface area (TPSA) is 50.8 Å². The standard InChI is InChI=1S/C19H20N2O3/c1-13-4-6-14(7-5-13)16-3-2-10-21(16)19(22)20-15-8-9-17-18(11-15)24-12-23-17/h4-9,11,16H,2-3,10,12H2,1H3,(H,20,22)/t16-/m0/s1. The summed E-state index contributed by atoms with van der Waals surface area (Å²) in [4.78, 5) is 14.6. The Labute approximate surface area is 141 Å². The van der Waals surface area contributed by atoms with Crippen molar-refractivity contribution in [3.05, 3.63) is 53.6 Å². The van der Waals surface area contributed by atoms with Crippen LogP contribution in [0.5, 0.6) is 11.5 Å². The van der Waals surface area contributed by atoms with Crippen LogP contribution in [0, 0.1) is 6.92 Å². The second-order valence-electron chi connectivity index (χ2n) is 6.26. The van der Waals surface area contributed by atoms with E-state index in [9.17, 15) is 4.79 Å². The van der Waals surface area contributed by atoms with Gasteiger partial charge in [-0.3, -0.25) is 0 Å². The van der Waals surface area contributed by atoms with Gasteiger partial charge in [-0.1, -0.05) is 29.8 Å². The minimum absolute atomic E-state index is 0.0723. The van der Waals surface area contributed by atoms with Gasteiger partial charge in [-0.2, -0.15) is 0 Å². The van der Waals surface area contributed by atoms with Crippen molar-refractivity contribution in [2.75, 3.05) is 18.7 Å². The fourth-order valence-corrected chi connectivity index (χ4v) is 3.31. The number of ether oxygens (including phenoxy) is 2. The van der Waals surface area contributed by atoms with Gasteiger partial charge in [-0.15, -0.1) is 0 Å². The van der Waals surface area contributed by atoms with E-state index in [0.29, 0.717) is 11.5 Å². The highest BCUT2D eigenvalue weighted by molar-refractivity contribution is 5.90. The maximum Gasteiger partial charge on any atom is 0.322 e. The van der Waals surface area contributed by atoms with Crippen molar-refractivity contribution < 1.29 is 14.3 Å². The number of hydrogen-bond donors (Lipinski definition) is 1. The van der Waals surface area contributed by atoms with Gasteiger partial charge in [-0.05, 0) is 37.5 Å². The van der Waals surface area contributed by atoms with E-state index in [-0.39, 0.29) is 18.9 Å². The van der Waals surface area contributed by atoms with Gasteiger partial charge in [0.2, 0.25) is 6.79 Å². The summed E-state index contributed by atoms with van der Waals surface area (Å²) in [6.07, 6.45) is 2.02. The predicted molar refractivity (Wildman–Crippen MR) is 91.4 cm³/mol. The molecule has 24 heavy (non-hydrogen) atoms. The van der Waals surface area contributed by atoms with E-state index in [0.717, 1.165) is 25.1 Å². The van der Waals surface area contributed by atoms with Gasteiger partial charge in [0.05, 0.1) is 6.04 Å². The first-order valence-electron chi connectivity index (χ1n) is 8.24. The van der Waals surface area contributed by atoms with Crippen LogP contribution in [0.1, 0.15) is 30.0 Å². The molecule has 2 amide bonds. The SMILES string of the molecule is Cc1ccc([C@@H]2CCCN2C(=O)Nc2ccc3c(c2)OCO3)cc1. The molecule has 2 aliphatic heterocycles. The number of carbonyl (C=O) groups excluding carboxylic acids is 1. The Balaban J connectivity index is 1.50. The number of nitrogens with zero attached hydrogens (tertiary/aromatic N) is 1. The van der Waals surface area contributed by atoms with Gasteiger partial charge in [0.25, 0.3) is 0 Å². The van der Waals surface area contributed by atoms with Crippen LogP contribution in [0.25, 0.3) is 0 Å². The molecule has 124 valence electrons. The van der Waals surface area contributed by atoms with Crippen molar-refractivity contribution in [3.63, 3.8) is 0 Å². The van der Waals surface area contributed by atoms with Crippen LogP contribution in [0.2, 0.25) is 0 Å². The number of urea groups is 1. The molecular weight excluding hydrogens is 304 g/mol. The van der Waals surface area contributed by atoms with E-state index in [2.05, 4.69) is 36.5 Å². The molecule has 0 unspecified atom stereocenters. The Morgan fingerprint density at radius 3 is 2.75 bits per heavy atom. The Morgan fingerprint density at radius 1 is 1.12 bits per heavy atom. The largest absolute Gasteiger partial charge is 0.454 e. The molecule has 4 rings (SSSR count). The number of hydrogen-bond acceptors (Lipinski definition) is 3. The molecule has 1 saturated heterocycles. The highest BCUT2D eigenvalue weighted by atomic mass is 16.7. The molecule has 0 aliphatic carbocycles. The third-order valence-corrected chi connectivity index (χ3v) is 4.60. The Hall–Kier alpha value is -2.69. The maximum absolute atomic E-state index is 12.7. The molecule has 0 aromatic heterocycles. The third-order valence-electron chi connectivity index (χ3n) is 4.60. The van der Waals surface area contributed by atoms with Crippen LogP contribution in [-0.2, 0) is 0 Å². The van der Waals surface area contributed by atoms with Crippen LogP contribution >= 0.6 is 0 Å². The fraction of sp³-hybridized carbons (Fsp3) is 0.316. The zero-order chi connectivity index (χ0) is 16.5. The predicted octanol–water partition coefficient (Wildman–Crippen LogP) is 4.09. The molecule has 2 aliphatic rings. The molecule has 2 heterocycles. The number of likely N-dealkylation sites (tertiary alicyclic amines) is 1. The van der Waals surface area contributed by atoms with Gasteiger partial charge in [-0.25, -0.2) is 4.79 Å². The average Bonchev–Trinajstić information content (AvgIpc) is 3.24. The summed E-state index contributed by atoms with van der Waals surface area (Å²) in [7, 11) is 0. The molecule has 0 spiro atoms. The minimum Gasteiger partial charge on any atom is -0.454 e. The number of fused-ring (bicyclic) bond motifs is 1. The molecule has 1 atom stereocenters. The molecule has 0 bridgehead atoms. The molecule has 1 N–H and O–H groups in total. The monoisotopic (exact) mass is 324 g/mol. The summed E-state index contributed by atoms with van der Waals surface area (Å²) in [5, 5.41) is 2.98. The average molecular weight is 324 g/mol. The molecule has 5 heteroatoms. The highest BCUT2D eigenvalue weighted by Gasteiger charge is 2.30. The molecule has 1 fully saturated rings. The van der Waals surface area contributed by atoms with Crippen molar-refractivity contribution >= 4 is 11.7 Å². The zero-order valence-corrected chi connectivity index (χ0v) is 13.6. The van der Waals surface area contributed by atoms with Crippen LogP contribution in [0.15, 0.2) is 42.5 Å². The van der Waals surface area contributed by atoms with Gasteiger partial charge in [0.1, 0.15) is 0 Å². The number of amides is 2. The molecule has 0 saturated carbocycles. The lowest BCUT2D eigenvalue weighted by atomic mass is 10.0. The molecule has 5 nitrogen and oxygen atoms in total. The van der Waals surface area contributed by atoms with Crippen molar-refractivity contribution in [1.82, 2.24) is 4.90 Å². The van der Waals surface area contributed by atoms with Crippen LogP contribution < -0.4 is 14.8 Å². The van der Waals surface area contributed by atoms with E-state index in [4.69, 9.17) is 9.47 Å². The van der Waals surface area contributed by atoms with Crippen molar-refractivity contribution in [3.8, 4) is 11.5 Å². The Kier molecular flexibility index (Phi) is 3.76. The third kappa shape index (κ3) is 2.77. The first kappa shape index (κ1) is 14.9. The molecular formula is C19H20N2O3. The summed E-state index contributed by atoms with van der Waals surface area (Å²) < 4.78 is 10.7. The second-order valence-corrected chi connectivity index (χ2v) is 6.26. The number of benzene rings is 2. The molecule has 2 aromatic rings. The first-order valence-corrected chi connectivity index (χ1v) is 8.24. The lowest BCUT2D eigenvalue weighted by Crippen LogP contribution is -2.34. The van der Waals surface area contributed by atoms with E-state index >= 15 is 0 Å². The van der Waals surface area contributed by atoms with E-state index < -0.39 is 0 Å². The number of rotatable bonds is 2. The van der Waals surface area contributed by atoms with Crippen molar-refractivity contribution in [1.29, 1.82) is 0 Å². The summed E-state index contributed by atoms with van der Waals surface area (Å²) in [6, 6.07) is 14.0. The van der Waals surface area contributed by atoms with Gasteiger partial charge >= 0.3 is 6.03 Å². The minimum atomic E-state index is -0.0723. The Morgan fingerprint density at radius 2 is 1.92 bits per heavy atom. The maximum atomic E-state index is 12.7. The summed E-state index contributed by atoms with van der Waals surface area (Å²) in [5.41, 5.74) is 3.14. The molecule has 2 aromatic carbocycles. The summed E-state index contributed by atoms with van der Waals surface area (Å²) in [6.45, 7) is 3.08. The van der Waals surface area contributed by atoms with Crippen LogP contribution in [-0.4, -0.2) is 24.3 Å². The van der Waals surface area contributed by atoms with Gasteiger partial charge in [0, 0.05) is 18.3 Å².